The van der Waals surface area contributed by atoms with Gasteiger partial charge in [-0.2, -0.15) is 0 Å². The van der Waals surface area contributed by atoms with Gasteiger partial charge in [0.2, 0.25) is 5.91 Å². The van der Waals surface area contributed by atoms with Crippen molar-refractivity contribution in [1.82, 2.24) is 14.9 Å². The van der Waals surface area contributed by atoms with Crippen LogP contribution in [0.5, 0.6) is 5.75 Å². The summed E-state index contributed by atoms with van der Waals surface area (Å²) in [5.41, 5.74) is 3.62. The number of anilines is 1. The van der Waals surface area contributed by atoms with Crippen molar-refractivity contribution in [3.8, 4) is 17.1 Å². The average molecular weight is 455 g/mol. The topological polar surface area (TPSA) is 87.3 Å². The number of carbonyl (C=O) groups excluding carboxylic acids is 2. The molecule has 0 spiro atoms. The molecule has 0 unspecified atom stereocenters. The van der Waals surface area contributed by atoms with Crippen LogP contribution in [0.2, 0.25) is 0 Å². The van der Waals surface area contributed by atoms with Crippen LogP contribution in [0.25, 0.3) is 22.4 Å². The summed E-state index contributed by atoms with van der Waals surface area (Å²) in [6.45, 7) is 1.12. The molecule has 1 fully saturated rings. The number of fused-ring (bicyclic) bond motifs is 1. The lowest BCUT2D eigenvalue weighted by Crippen LogP contribution is -2.43. The molecule has 2 heterocycles. The zero-order valence-corrected chi connectivity index (χ0v) is 18.7. The number of rotatable bonds is 6. The van der Waals surface area contributed by atoms with Gasteiger partial charge in [-0.3, -0.25) is 9.59 Å². The van der Waals surface area contributed by atoms with E-state index in [0.717, 1.165) is 28.1 Å². The maximum Gasteiger partial charge on any atom is 0.260 e. The van der Waals surface area contributed by atoms with Gasteiger partial charge in [0.1, 0.15) is 11.6 Å². The molecule has 172 valence electrons. The second-order valence-corrected chi connectivity index (χ2v) is 8.43. The van der Waals surface area contributed by atoms with E-state index in [4.69, 9.17) is 4.74 Å². The lowest BCUT2D eigenvalue weighted by Gasteiger charge is -2.31. The molecule has 0 bridgehead atoms. The van der Waals surface area contributed by atoms with Crippen LogP contribution in [0.3, 0.4) is 0 Å². The summed E-state index contributed by atoms with van der Waals surface area (Å²) in [4.78, 5) is 34.9. The Bertz CT molecular complexity index is 1240. The fourth-order valence-electron chi connectivity index (χ4n) is 4.19. The predicted octanol–water partition coefficient (Wildman–Crippen LogP) is 4.49. The normalized spacial score (nSPS) is 14.2. The Morgan fingerprint density at radius 1 is 0.941 bits per heavy atom. The number of hydrogen-bond acceptors (Lipinski definition) is 4. The van der Waals surface area contributed by atoms with E-state index in [1.807, 2.05) is 78.9 Å². The predicted molar refractivity (Wildman–Crippen MR) is 131 cm³/mol. The van der Waals surface area contributed by atoms with Gasteiger partial charge in [-0.25, -0.2) is 4.98 Å². The molecule has 0 saturated carbocycles. The number of carbonyl (C=O) groups is 2. The highest BCUT2D eigenvalue weighted by Crippen LogP contribution is 2.24. The molecule has 5 rings (SSSR count). The van der Waals surface area contributed by atoms with Crippen LogP contribution in [-0.4, -0.2) is 46.4 Å². The molecular weight excluding hydrogens is 428 g/mol. The molecule has 2 amide bonds. The number of likely N-dealkylation sites (tertiary alicyclic amines) is 1. The van der Waals surface area contributed by atoms with Crippen LogP contribution in [0.15, 0.2) is 78.9 Å². The molecule has 0 atom stereocenters. The Morgan fingerprint density at radius 3 is 2.38 bits per heavy atom. The maximum atomic E-state index is 12.8. The first-order valence-electron chi connectivity index (χ1n) is 11.5. The Morgan fingerprint density at radius 2 is 1.65 bits per heavy atom. The van der Waals surface area contributed by atoms with Gasteiger partial charge in [0.05, 0.1) is 11.0 Å². The third kappa shape index (κ3) is 4.93. The minimum atomic E-state index is -0.117. The lowest BCUT2D eigenvalue weighted by molar-refractivity contribution is -0.136. The maximum absolute atomic E-state index is 12.8. The van der Waals surface area contributed by atoms with Gasteiger partial charge in [-0.05, 0) is 61.4 Å². The second kappa shape index (κ2) is 9.79. The minimum Gasteiger partial charge on any atom is -0.484 e. The quantitative estimate of drug-likeness (QED) is 0.450. The summed E-state index contributed by atoms with van der Waals surface area (Å²) in [6.07, 6.45) is 1.28. The fraction of sp³-hybridized carbons (Fsp3) is 0.222. The largest absolute Gasteiger partial charge is 0.484 e. The summed E-state index contributed by atoms with van der Waals surface area (Å²) < 4.78 is 5.56. The summed E-state index contributed by atoms with van der Waals surface area (Å²) in [5.74, 6) is 1.30. The fourth-order valence-corrected chi connectivity index (χ4v) is 4.19. The molecule has 2 N–H and O–H groups in total. The van der Waals surface area contributed by atoms with Crippen molar-refractivity contribution < 1.29 is 14.3 Å². The molecule has 7 heteroatoms. The molecule has 1 aliphatic heterocycles. The zero-order chi connectivity index (χ0) is 23.3. The Kier molecular flexibility index (Phi) is 6.25. The van der Waals surface area contributed by atoms with Gasteiger partial charge in [0.25, 0.3) is 5.91 Å². The number of hydrogen-bond donors (Lipinski definition) is 2. The molecule has 4 aromatic rings. The van der Waals surface area contributed by atoms with Crippen LogP contribution in [-0.2, 0) is 9.59 Å². The van der Waals surface area contributed by atoms with Crippen LogP contribution in [0.1, 0.15) is 12.8 Å². The molecule has 0 aliphatic carbocycles. The van der Waals surface area contributed by atoms with Crippen molar-refractivity contribution in [3.05, 3.63) is 78.9 Å². The van der Waals surface area contributed by atoms with Gasteiger partial charge in [-0.15, -0.1) is 0 Å². The van der Waals surface area contributed by atoms with E-state index in [9.17, 15) is 9.59 Å². The highest BCUT2D eigenvalue weighted by molar-refractivity contribution is 5.93. The Hall–Kier alpha value is -4.13. The summed E-state index contributed by atoms with van der Waals surface area (Å²) in [7, 11) is 0. The minimum absolute atomic E-state index is 0.0101. The van der Waals surface area contributed by atoms with Crippen molar-refractivity contribution in [2.45, 2.75) is 12.8 Å². The van der Waals surface area contributed by atoms with Gasteiger partial charge < -0.3 is 19.9 Å². The monoisotopic (exact) mass is 454 g/mol. The lowest BCUT2D eigenvalue weighted by atomic mass is 9.95. The van der Waals surface area contributed by atoms with E-state index in [-0.39, 0.29) is 24.3 Å². The van der Waals surface area contributed by atoms with Crippen molar-refractivity contribution in [3.63, 3.8) is 0 Å². The van der Waals surface area contributed by atoms with E-state index in [1.165, 1.54) is 0 Å². The van der Waals surface area contributed by atoms with E-state index in [1.54, 1.807) is 4.90 Å². The second-order valence-electron chi connectivity index (χ2n) is 8.43. The van der Waals surface area contributed by atoms with Crippen LogP contribution in [0, 0.1) is 5.92 Å². The number of H-pyrrole nitrogens is 1. The molecule has 34 heavy (non-hydrogen) atoms. The SMILES string of the molecule is O=C(Nc1ccc(-c2nc3ccccc3[nH]2)cc1)C1CCN(C(=O)COc2ccccc2)CC1. The number of aromatic nitrogens is 2. The number of amides is 2. The summed E-state index contributed by atoms with van der Waals surface area (Å²) >= 11 is 0. The number of benzene rings is 3. The molecule has 3 aromatic carbocycles. The van der Waals surface area contributed by atoms with Crippen molar-refractivity contribution >= 4 is 28.5 Å². The van der Waals surface area contributed by atoms with Crippen LogP contribution in [0.4, 0.5) is 5.69 Å². The summed E-state index contributed by atoms with van der Waals surface area (Å²) in [5, 5.41) is 3.01. The number of piperidine rings is 1. The number of imidazole rings is 1. The molecule has 7 nitrogen and oxygen atoms in total. The average Bonchev–Trinajstić information content (AvgIpc) is 3.33. The Balaban J connectivity index is 1.11. The van der Waals surface area contributed by atoms with Gasteiger partial charge >= 0.3 is 0 Å². The Labute approximate surface area is 197 Å². The van der Waals surface area contributed by atoms with E-state index in [0.29, 0.717) is 31.7 Å². The van der Waals surface area contributed by atoms with E-state index >= 15 is 0 Å². The van der Waals surface area contributed by atoms with Crippen molar-refractivity contribution in [2.75, 3.05) is 25.0 Å². The molecular formula is C27H26N4O3. The first-order valence-corrected chi connectivity index (χ1v) is 11.5. The standard InChI is InChI=1S/C27H26N4O3/c32-25(18-34-22-6-2-1-3-7-22)31-16-14-20(15-17-31)27(33)28-21-12-10-19(11-13-21)26-29-23-8-4-5-9-24(23)30-26/h1-13,20H,14-18H2,(H,28,33)(H,29,30). The molecule has 1 aliphatic rings. The van der Waals surface area contributed by atoms with Crippen molar-refractivity contribution in [1.29, 1.82) is 0 Å². The number of nitrogens with one attached hydrogen (secondary N) is 2. The van der Waals surface area contributed by atoms with Crippen LogP contribution >= 0.6 is 0 Å². The van der Waals surface area contributed by atoms with Gasteiger partial charge in [-0.1, -0.05) is 30.3 Å². The summed E-state index contributed by atoms with van der Waals surface area (Å²) in [6, 6.07) is 24.9. The van der Waals surface area contributed by atoms with Gasteiger partial charge in [0.15, 0.2) is 6.61 Å². The molecule has 0 radical (unpaired) electrons. The first kappa shape index (κ1) is 21.7. The van der Waals surface area contributed by atoms with Crippen LogP contribution < -0.4 is 10.1 Å². The molecule has 1 aromatic heterocycles. The number of aromatic amines is 1. The van der Waals surface area contributed by atoms with E-state index in [2.05, 4.69) is 15.3 Å². The number of ether oxygens (including phenoxy) is 1. The first-order chi connectivity index (χ1) is 16.7. The van der Waals surface area contributed by atoms with Crippen molar-refractivity contribution in [2.24, 2.45) is 5.92 Å². The van der Waals surface area contributed by atoms with E-state index < -0.39 is 0 Å². The zero-order valence-electron chi connectivity index (χ0n) is 18.7. The highest BCUT2D eigenvalue weighted by atomic mass is 16.5. The number of nitrogens with zero attached hydrogens (tertiary/aromatic N) is 2. The van der Waals surface area contributed by atoms with Gasteiger partial charge in [0, 0.05) is 30.3 Å². The third-order valence-corrected chi connectivity index (χ3v) is 6.14. The smallest absolute Gasteiger partial charge is 0.260 e. The highest BCUT2D eigenvalue weighted by Gasteiger charge is 2.27. The number of para-hydroxylation sites is 3. The molecule has 1 saturated heterocycles. The third-order valence-electron chi connectivity index (χ3n) is 6.14.